The number of ketones is 2. The molecule has 4 atom stereocenters. The van der Waals surface area contributed by atoms with Crippen LogP contribution in [0, 0.1) is 34.5 Å². The summed E-state index contributed by atoms with van der Waals surface area (Å²) >= 11 is 0. The topological polar surface area (TPSA) is 178 Å². The highest BCUT2D eigenvalue weighted by atomic mass is 19.4. The van der Waals surface area contributed by atoms with Crippen molar-refractivity contribution in [3.63, 3.8) is 0 Å². The number of allylic oxidation sites excluding steroid dienone is 2. The van der Waals surface area contributed by atoms with E-state index < -0.39 is 53.7 Å². The molecule has 7 amide bonds. The highest BCUT2D eigenvalue weighted by molar-refractivity contribution is 6.12. The summed E-state index contributed by atoms with van der Waals surface area (Å²) in [6.45, 7) is 3.01. The number of carbonyl (C=O) groups is 6. The molecular weight excluding hydrogens is 983 g/mol. The van der Waals surface area contributed by atoms with E-state index in [4.69, 9.17) is 5.26 Å². The number of alkyl halides is 6. The first-order valence-corrected chi connectivity index (χ1v) is 24.5. The van der Waals surface area contributed by atoms with Gasteiger partial charge in [-0.2, -0.15) is 36.9 Å². The van der Waals surface area contributed by atoms with Crippen molar-refractivity contribution in [3.05, 3.63) is 153 Å². The summed E-state index contributed by atoms with van der Waals surface area (Å²) in [7, 11) is 0. The van der Waals surface area contributed by atoms with Gasteiger partial charge in [-0.15, -0.1) is 0 Å². The van der Waals surface area contributed by atoms with Gasteiger partial charge in [-0.25, -0.2) is 19.3 Å². The second-order valence-corrected chi connectivity index (χ2v) is 19.2. The number of fused-ring (bicyclic) bond motifs is 1. The minimum absolute atomic E-state index is 0.00447. The lowest BCUT2D eigenvalue weighted by molar-refractivity contribution is -0.138. The molecule has 2 fully saturated rings. The number of hydrogen-bond donors (Lipinski definition) is 1. The van der Waals surface area contributed by atoms with Gasteiger partial charge >= 0.3 is 30.4 Å². The molecule has 4 aromatic carbocycles. The lowest BCUT2D eigenvalue weighted by Gasteiger charge is -2.45. The predicted molar refractivity (Wildman–Crippen MR) is 259 cm³/mol. The summed E-state index contributed by atoms with van der Waals surface area (Å²) in [6, 6.07) is 21.2. The van der Waals surface area contributed by atoms with E-state index in [9.17, 15) is 60.4 Å². The number of piperidine rings is 1. The molecule has 4 aromatic rings. The molecule has 1 saturated carbocycles. The Kier molecular flexibility index (Phi) is 14.2. The third kappa shape index (κ3) is 10.2. The number of anilines is 2. The fourth-order valence-electron chi connectivity index (χ4n) is 10.6. The van der Waals surface area contributed by atoms with E-state index in [1.807, 2.05) is 19.1 Å². The van der Waals surface area contributed by atoms with Crippen LogP contribution in [0.3, 0.4) is 0 Å². The van der Waals surface area contributed by atoms with Crippen molar-refractivity contribution < 1.29 is 55.1 Å². The zero-order valence-electron chi connectivity index (χ0n) is 40.4. The number of halogens is 6. The van der Waals surface area contributed by atoms with Crippen LogP contribution in [-0.2, 0) is 26.7 Å². The molecule has 20 heteroatoms. The number of Topliss-reactive ketones (excluding diaryl/α,β-unsaturated/α-hetero) is 2. The van der Waals surface area contributed by atoms with Crippen LogP contribution in [0.25, 0.3) is 0 Å². The first-order valence-electron chi connectivity index (χ1n) is 24.5. The van der Waals surface area contributed by atoms with E-state index in [-0.39, 0.29) is 72.5 Å². The Morgan fingerprint density at radius 2 is 1.11 bits per heavy atom. The third-order valence-corrected chi connectivity index (χ3v) is 14.3. The summed E-state index contributed by atoms with van der Waals surface area (Å²) in [4.78, 5) is 87.5. The van der Waals surface area contributed by atoms with E-state index in [0.717, 1.165) is 40.5 Å². The van der Waals surface area contributed by atoms with E-state index in [1.165, 1.54) is 46.2 Å². The molecule has 386 valence electrons. The molecule has 0 radical (unpaired) electrons. The van der Waals surface area contributed by atoms with Gasteiger partial charge in [-0.3, -0.25) is 24.2 Å². The third-order valence-electron chi connectivity index (χ3n) is 14.3. The molecule has 6 aliphatic rings. The Balaban J connectivity index is 0.000000184. The highest BCUT2D eigenvalue weighted by Crippen LogP contribution is 2.48. The summed E-state index contributed by atoms with van der Waals surface area (Å²) in [5.41, 5.74) is 0.950. The number of rotatable bonds is 8. The fraction of sp³-hybridized carbons (Fsp3) is 0.345. The van der Waals surface area contributed by atoms with Crippen molar-refractivity contribution >= 4 is 46.9 Å². The molecule has 4 unspecified atom stereocenters. The van der Waals surface area contributed by atoms with Gasteiger partial charge in [0.1, 0.15) is 6.54 Å². The summed E-state index contributed by atoms with van der Waals surface area (Å²) < 4.78 is 81.1. The molecule has 10 rings (SSSR count). The normalized spacial score (nSPS) is 21.4. The first kappa shape index (κ1) is 51.6. The van der Waals surface area contributed by atoms with Gasteiger partial charge < -0.3 is 15.1 Å². The SMILES string of the molecule is CCCNC(=O)N1C(=O)N(c2cccc(C(F)(F)F)c2)C2=C(C(=O)CCC2)C1c1ccc(C#N)cc1.N#Cc1ccc(C2C3=C(CCCC3=O)N(c3cccc(C(F)(F)F)c3)C(=O)N2CC(=O)N2CC3CC3C2)cc1. The van der Waals surface area contributed by atoms with Crippen LogP contribution in [0.5, 0.6) is 0 Å². The van der Waals surface area contributed by atoms with Crippen LogP contribution >= 0.6 is 0 Å². The van der Waals surface area contributed by atoms with Crippen LogP contribution in [0.2, 0.25) is 0 Å². The number of urea groups is 3. The molecule has 0 bridgehead atoms. The molecule has 1 N–H and O–H groups in total. The van der Waals surface area contributed by atoms with Crippen molar-refractivity contribution in [3.8, 4) is 12.1 Å². The Morgan fingerprint density at radius 3 is 1.57 bits per heavy atom. The fourth-order valence-corrected chi connectivity index (χ4v) is 10.6. The highest BCUT2D eigenvalue weighted by Gasteiger charge is 2.51. The van der Waals surface area contributed by atoms with E-state index >= 15 is 0 Å². The van der Waals surface area contributed by atoms with Gasteiger partial charge in [-0.05, 0) is 122 Å². The second kappa shape index (κ2) is 20.6. The van der Waals surface area contributed by atoms with Gasteiger partial charge in [0.2, 0.25) is 5.91 Å². The minimum Gasteiger partial charge on any atom is -0.341 e. The zero-order valence-corrected chi connectivity index (χ0v) is 40.4. The van der Waals surface area contributed by atoms with Gasteiger partial charge in [-0.1, -0.05) is 43.3 Å². The summed E-state index contributed by atoms with van der Waals surface area (Å²) in [6.07, 6.45) is -5.70. The molecule has 0 aromatic heterocycles. The maximum absolute atomic E-state index is 14.2. The second-order valence-electron chi connectivity index (χ2n) is 19.2. The molecule has 3 aliphatic heterocycles. The largest absolute Gasteiger partial charge is 0.416 e. The van der Waals surface area contributed by atoms with Gasteiger partial charge in [0.05, 0.1) is 57.9 Å². The van der Waals surface area contributed by atoms with E-state index in [2.05, 4.69) is 5.32 Å². The molecule has 0 spiro atoms. The van der Waals surface area contributed by atoms with Gasteiger partial charge in [0, 0.05) is 55.0 Å². The first-order chi connectivity index (χ1) is 35.8. The lowest BCUT2D eigenvalue weighted by atomic mass is 9.83. The number of likely N-dealkylation sites (tertiary alicyclic amines) is 1. The molecule has 3 aliphatic carbocycles. The van der Waals surface area contributed by atoms with Crippen LogP contribution in [0.4, 0.5) is 52.1 Å². The zero-order chi connectivity index (χ0) is 53.5. The van der Waals surface area contributed by atoms with Crippen molar-refractivity contribution in [2.24, 2.45) is 11.8 Å². The molecular formula is C55H48F6N8O6. The standard InChI is InChI=1S/C29H25F3N4O3.C26H23F3N4O3/c30-29(31,32)21-3-1-4-22(12-21)36-23-5-2-6-24(37)26(23)27(18-9-7-17(13-33)8-10-18)35(28(36)39)16-25(38)34-14-19-11-20(19)15-34;1-2-13-31-24(35)33-23(17-11-9-16(15-30)10-12-17)22-20(7-4-8-21(22)34)32(25(33)36)19-6-3-5-18(14-19)26(27,28)29/h1,3-4,7-10,12,19-20,27H,2,5-6,11,14-16H2;3,5-6,9-12,14,23H,2,4,7-8,13H2,1H3,(H,31,35). The van der Waals surface area contributed by atoms with Gasteiger partial charge in [0.25, 0.3) is 0 Å². The smallest absolute Gasteiger partial charge is 0.341 e. The quantitative estimate of drug-likeness (QED) is 0.169. The number of nitriles is 2. The average molecular weight is 1030 g/mol. The minimum atomic E-state index is -4.64. The average Bonchev–Trinajstić information content (AvgIpc) is 4.01. The number of nitrogens with one attached hydrogen (secondary N) is 1. The van der Waals surface area contributed by atoms with Crippen molar-refractivity contribution in [2.45, 2.75) is 82.7 Å². The maximum atomic E-state index is 14.2. The Hall–Kier alpha value is -8.26. The van der Waals surface area contributed by atoms with Crippen molar-refractivity contribution in [1.82, 2.24) is 20.0 Å². The molecule has 3 heterocycles. The number of hydrogen-bond acceptors (Lipinski definition) is 8. The molecule has 1 saturated heterocycles. The Morgan fingerprint density at radius 1 is 0.640 bits per heavy atom. The van der Waals surface area contributed by atoms with Crippen LogP contribution < -0.4 is 15.1 Å². The molecule has 14 nitrogen and oxygen atoms in total. The summed E-state index contributed by atoms with van der Waals surface area (Å²) in [5, 5.41) is 21.1. The Labute approximate surface area is 427 Å². The van der Waals surface area contributed by atoms with Crippen LogP contribution in [0.1, 0.15) is 104 Å². The number of imide groups is 1. The van der Waals surface area contributed by atoms with E-state index in [0.29, 0.717) is 84.1 Å². The lowest BCUT2D eigenvalue weighted by Crippen LogP contribution is -2.56. The van der Waals surface area contributed by atoms with E-state index in [1.54, 1.807) is 41.3 Å². The Bertz CT molecular complexity index is 3130. The van der Waals surface area contributed by atoms with Crippen LogP contribution in [-0.4, -0.2) is 76.4 Å². The number of carbonyl (C=O) groups excluding carboxylic acids is 6. The van der Waals surface area contributed by atoms with Crippen LogP contribution in [0.15, 0.2) is 120 Å². The van der Waals surface area contributed by atoms with Crippen molar-refractivity contribution in [1.29, 1.82) is 10.5 Å². The van der Waals surface area contributed by atoms with Gasteiger partial charge in [0.15, 0.2) is 11.6 Å². The summed E-state index contributed by atoms with van der Waals surface area (Å²) in [5.74, 6) is 0.205. The molecule has 75 heavy (non-hydrogen) atoms. The maximum Gasteiger partial charge on any atom is 0.416 e. The number of benzene rings is 4. The number of nitrogens with zero attached hydrogens (tertiary/aromatic N) is 7. The van der Waals surface area contributed by atoms with Crippen molar-refractivity contribution in [2.75, 3.05) is 36.0 Å². The number of amides is 7. The predicted octanol–water partition coefficient (Wildman–Crippen LogP) is 10.7. The monoisotopic (exact) mass is 1030 g/mol.